The maximum absolute atomic E-state index is 12.5. The van der Waals surface area contributed by atoms with Gasteiger partial charge in [-0.05, 0) is 30.3 Å². The number of benzene rings is 2. The quantitative estimate of drug-likeness (QED) is 0.713. The number of carboxylic acid groups (broad SMARTS) is 2. The molecule has 0 fully saturated rings. The van der Waals surface area contributed by atoms with E-state index in [2.05, 4.69) is 4.72 Å². The molecule has 2 aromatic rings. The van der Waals surface area contributed by atoms with E-state index in [1.165, 1.54) is 18.2 Å². The number of nitrogens with one attached hydrogen (secondary N) is 1. The SMILES string of the molecule is O=C(O)c1cc(NS(=O)(=O)c2ccc3c(c2)OCCO3)cc(C(=O)O)c1. The molecule has 0 unspecified atom stereocenters. The third kappa shape index (κ3) is 3.54. The molecule has 136 valence electrons. The van der Waals surface area contributed by atoms with E-state index in [-0.39, 0.29) is 34.1 Å². The van der Waals surface area contributed by atoms with Crippen LogP contribution in [0.1, 0.15) is 20.7 Å². The lowest BCUT2D eigenvalue weighted by atomic mass is 10.1. The number of sulfonamides is 1. The molecule has 0 amide bonds. The average Bonchev–Trinajstić information content (AvgIpc) is 2.60. The van der Waals surface area contributed by atoms with Crippen LogP contribution in [0.2, 0.25) is 0 Å². The van der Waals surface area contributed by atoms with E-state index in [0.29, 0.717) is 12.4 Å². The summed E-state index contributed by atoms with van der Waals surface area (Å²) >= 11 is 0. The summed E-state index contributed by atoms with van der Waals surface area (Å²) in [5.41, 5.74) is -0.897. The Morgan fingerprint density at radius 2 is 1.46 bits per heavy atom. The lowest BCUT2D eigenvalue weighted by Crippen LogP contribution is -2.17. The number of carboxylic acids is 2. The van der Waals surface area contributed by atoms with E-state index >= 15 is 0 Å². The van der Waals surface area contributed by atoms with Crippen LogP contribution in [-0.2, 0) is 10.0 Å². The molecule has 0 saturated carbocycles. The summed E-state index contributed by atoms with van der Waals surface area (Å²) in [6.45, 7) is 0.643. The predicted molar refractivity (Wildman–Crippen MR) is 88.6 cm³/mol. The number of anilines is 1. The number of ether oxygens (including phenoxy) is 2. The molecule has 1 aliphatic heterocycles. The first-order valence-corrected chi connectivity index (χ1v) is 8.79. The molecule has 26 heavy (non-hydrogen) atoms. The van der Waals surface area contributed by atoms with Crippen LogP contribution >= 0.6 is 0 Å². The van der Waals surface area contributed by atoms with Crippen molar-refractivity contribution in [3.05, 3.63) is 47.5 Å². The third-order valence-electron chi connectivity index (χ3n) is 3.50. The van der Waals surface area contributed by atoms with E-state index in [1.807, 2.05) is 0 Å². The molecule has 0 atom stereocenters. The van der Waals surface area contributed by atoms with Crippen LogP contribution in [0.5, 0.6) is 11.5 Å². The normalized spacial score (nSPS) is 13.1. The minimum Gasteiger partial charge on any atom is -0.486 e. The maximum Gasteiger partial charge on any atom is 0.335 e. The van der Waals surface area contributed by atoms with Crippen molar-refractivity contribution in [3.63, 3.8) is 0 Å². The van der Waals surface area contributed by atoms with Crippen molar-refractivity contribution in [1.29, 1.82) is 0 Å². The molecule has 0 bridgehead atoms. The largest absolute Gasteiger partial charge is 0.486 e. The Balaban J connectivity index is 1.97. The number of rotatable bonds is 5. The lowest BCUT2D eigenvalue weighted by molar-refractivity contribution is 0.0696. The summed E-state index contributed by atoms with van der Waals surface area (Å²) < 4.78 is 37.9. The zero-order valence-electron chi connectivity index (χ0n) is 13.1. The highest BCUT2D eigenvalue weighted by molar-refractivity contribution is 7.92. The molecule has 0 saturated heterocycles. The van der Waals surface area contributed by atoms with Gasteiger partial charge in [0.1, 0.15) is 13.2 Å². The molecule has 0 radical (unpaired) electrons. The molecule has 0 spiro atoms. The molecule has 0 aromatic heterocycles. The van der Waals surface area contributed by atoms with Gasteiger partial charge < -0.3 is 19.7 Å². The van der Waals surface area contributed by atoms with Crippen LogP contribution in [0, 0.1) is 0 Å². The Hall–Kier alpha value is -3.27. The fourth-order valence-corrected chi connectivity index (χ4v) is 3.39. The smallest absolute Gasteiger partial charge is 0.335 e. The fourth-order valence-electron chi connectivity index (χ4n) is 2.34. The molecule has 3 N–H and O–H groups in total. The van der Waals surface area contributed by atoms with Gasteiger partial charge in [-0.3, -0.25) is 4.72 Å². The van der Waals surface area contributed by atoms with Crippen LogP contribution in [0.4, 0.5) is 5.69 Å². The van der Waals surface area contributed by atoms with E-state index in [4.69, 9.17) is 19.7 Å². The standard InChI is InChI=1S/C16H13NO8S/c18-15(19)9-5-10(16(20)21)7-11(6-9)17-26(22,23)12-1-2-13-14(8-12)25-4-3-24-13/h1-2,5-8,17H,3-4H2,(H,18,19)(H,20,21). The zero-order valence-corrected chi connectivity index (χ0v) is 13.9. The van der Waals surface area contributed by atoms with Gasteiger partial charge in [0.25, 0.3) is 10.0 Å². The number of fused-ring (bicyclic) bond motifs is 1. The first-order valence-electron chi connectivity index (χ1n) is 7.30. The van der Waals surface area contributed by atoms with Crippen LogP contribution in [0.3, 0.4) is 0 Å². The van der Waals surface area contributed by atoms with Crippen molar-refractivity contribution >= 4 is 27.6 Å². The van der Waals surface area contributed by atoms with Gasteiger partial charge in [0.15, 0.2) is 11.5 Å². The lowest BCUT2D eigenvalue weighted by Gasteiger charge is -2.19. The third-order valence-corrected chi connectivity index (χ3v) is 4.88. The van der Waals surface area contributed by atoms with E-state index in [1.54, 1.807) is 0 Å². The van der Waals surface area contributed by atoms with Gasteiger partial charge in [0.2, 0.25) is 0 Å². The highest BCUT2D eigenvalue weighted by Crippen LogP contribution is 2.32. The number of hydrogen-bond donors (Lipinski definition) is 3. The zero-order chi connectivity index (χ0) is 18.9. The molecular formula is C16H13NO8S. The summed E-state index contributed by atoms with van der Waals surface area (Å²) in [5, 5.41) is 18.1. The van der Waals surface area contributed by atoms with Gasteiger partial charge >= 0.3 is 11.9 Å². The highest BCUT2D eigenvalue weighted by Gasteiger charge is 2.21. The Morgan fingerprint density at radius 1 is 0.885 bits per heavy atom. The summed E-state index contributed by atoms with van der Waals surface area (Å²) in [5.74, 6) is -2.08. The molecule has 2 aromatic carbocycles. The van der Waals surface area contributed by atoms with Crippen molar-refractivity contribution in [2.45, 2.75) is 4.90 Å². The first-order chi connectivity index (χ1) is 12.3. The maximum atomic E-state index is 12.5. The summed E-state index contributed by atoms with van der Waals surface area (Å²) in [7, 11) is -4.10. The van der Waals surface area contributed by atoms with E-state index in [9.17, 15) is 18.0 Å². The molecular weight excluding hydrogens is 366 g/mol. The second-order valence-corrected chi connectivity index (χ2v) is 7.00. The second kappa shape index (κ2) is 6.56. The summed E-state index contributed by atoms with van der Waals surface area (Å²) in [4.78, 5) is 22.1. The molecule has 10 heteroatoms. The predicted octanol–water partition coefficient (Wildman–Crippen LogP) is 1.66. The number of hydrogen-bond acceptors (Lipinski definition) is 6. The monoisotopic (exact) mass is 379 g/mol. The van der Waals surface area contributed by atoms with Crippen LogP contribution in [0.25, 0.3) is 0 Å². The topological polar surface area (TPSA) is 139 Å². The van der Waals surface area contributed by atoms with Gasteiger partial charge in [0.05, 0.1) is 21.7 Å². The van der Waals surface area contributed by atoms with Gasteiger partial charge in [-0.15, -0.1) is 0 Å². The second-order valence-electron chi connectivity index (χ2n) is 5.32. The Labute approximate surface area is 147 Å². The van der Waals surface area contributed by atoms with Gasteiger partial charge in [-0.1, -0.05) is 0 Å². The van der Waals surface area contributed by atoms with Crippen molar-refractivity contribution < 1.29 is 37.7 Å². The molecule has 1 aliphatic rings. The summed E-state index contributed by atoms with van der Waals surface area (Å²) in [6, 6.07) is 7.02. The first kappa shape index (κ1) is 17.5. The average molecular weight is 379 g/mol. The van der Waals surface area contributed by atoms with Crippen LogP contribution < -0.4 is 14.2 Å². The Kier molecular flexibility index (Phi) is 4.43. The van der Waals surface area contributed by atoms with Gasteiger partial charge in [-0.25, -0.2) is 18.0 Å². The Bertz CT molecular complexity index is 967. The number of carbonyl (C=O) groups is 2. The molecule has 3 rings (SSSR count). The fraction of sp³-hybridized carbons (Fsp3) is 0.125. The molecule has 0 aliphatic carbocycles. The van der Waals surface area contributed by atoms with Crippen molar-refractivity contribution in [1.82, 2.24) is 0 Å². The minimum absolute atomic E-state index is 0.139. The van der Waals surface area contributed by atoms with Crippen molar-refractivity contribution in [3.8, 4) is 11.5 Å². The van der Waals surface area contributed by atoms with Gasteiger partial charge in [-0.2, -0.15) is 0 Å². The minimum atomic E-state index is -4.10. The molecule has 9 nitrogen and oxygen atoms in total. The summed E-state index contributed by atoms with van der Waals surface area (Å²) in [6.07, 6.45) is 0. The molecule has 1 heterocycles. The van der Waals surface area contributed by atoms with Gasteiger partial charge in [0, 0.05) is 6.07 Å². The van der Waals surface area contributed by atoms with E-state index < -0.39 is 22.0 Å². The van der Waals surface area contributed by atoms with Crippen LogP contribution in [0.15, 0.2) is 41.3 Å². The number of aromatic carboxylic acids is 2. The van der Waals surface area contributed by atoms with Crippen molar-refractivity contribution in [2.75, 3.05) is 17.9 Å². The van der Waals surface area contributed by atoms with Crippen LogP contribution in [-0.4, -0.2) is 43.8 Å². The Morgan fingerprint density at radius 3 is 2.04 bits per heavy atom. The van der Waals surface area contributed by atoms with Crippen molar-refractivity contribution in [2.24, 2.45) is 0 Å². The highest BCUT2D eigenvalue weighted by atomic mass is 32.2. The van der Waals surface area contributed by atoms with E-state index in [0.717, 1.165) is 18.2 Å².